The van der Waals surface area contributed by atoms with Gasteiger partial charge in [-0.3, -0.25) is 9.69 Å². The summed E-state index contributed by atoms with van der Waals surface area (Å²) in [5.41, 5.74) is 0. The van der Waals surface area contributed by atoms with Crippen molar-refractivity contribution in [2.24, 2.45) is 5.92 Å². The second kappa shape index (κ2) is 9.23. The van der Waals surface area contributed by atoms with E-state index in [1.165, 1.54) is 19.3 Å². The van der Waals surface area contributed by atoms with E-state index < -0.39 is 15.9 Å². The third kappa shape index (κ3) is 6.07. The summed E-state index contributed by atoms with van der Waals surface area (Å²) >= 11 is 0. The number of rotatable bonds is 6. The minimum Gasteiger partial charge on any atom is -0.349 e. The zero-order chi connectivity index (χ0) is 19.3. The Labute approximate surface area is 161 Å². The summed E-state index contributed by atoms with van der Waals surface area (Å²) in [6, 6.07) is -0.900. The lowest BCUT2D eigenvalue weighted by atomic mass is 10.0. The molecule has 2 atom stereocenters. The number of nitrogens with zero attached hydrogens (tertiary/aromatic N) is 1. The number of carbonyl (C=O) groups excluding carboxylic acids is 2. The Kier molecular flexibility index (Phi) is 6.97. The van der Waals surface area contributed by atoms with Crippen LogP contribution in [0.15, 0.2) is 0 Å². The number of hydrogen-bond acceptors (Lipinski definition) is 5. The van der Waals surface area contributed by atoms with Crippen molar-refractivity contribution in [3.63, 3.8) is 0 Å². The minimum absolute atomic E-state index is 0.0201. The Morgan fingerprint density at radius 3 is 2.33 bits per heavy atom. The van der Waals surface area contributed by atoms with E-state index in [1.54, 1.807) is 0 Å². The van der Waals surface area contributed by atoms with Crippen LogP contribution in [0, 0.1) is 5.92 Å². The van der Waals surface area contributed by atoms with Crippen molar-refractivity contribution in [3.05, 3.63) is 0 Å². The van der Waals surface area contributed by atoms with Gasteiger partial charge >= 0.3 is 6.03 Å². The molecule has 0 aromatic carbocycles. The summed E-state index contributed by atoms with van der Waals surface area (Å²) in [6.45, 7) is 2.27. The summed E-state index contributed by atoms with van der Waals surface area (Å²) < 4.78 is 24.2. The molecule has 0 aromatic rings. The van der Waals surface area contributed by atoms with Crippen LogP contribution in [0.3, 0.4) is 0 Å². The van der Waals surface area contributed by atoms with Crippen molar-refractivity contribution in [2.75, 3.05) is 37.7 Å². The molecular weight excluding hydrogens is 368 g/mol. The van der Waals surface area contributed by atoms with E-state index in [2.05, 4.69) is 20.9 Å². The SMILES string of the molecule is O=C(CNC(=O)NCC1CCCC1)NC1CS(=O)(=O)CC1N1CCCCC1. The number of piperidine rings is 1. The van der Waals surface area contributed by atoms with Crippen molar-refractivity contribution in [2.45, 2.75) is 57.0 Å². The molecular formula is C18H32N4O4S. The van der Waals surface area contributed by atoms with Gasteiger partial charge < -0.3 is 16.0 Å². The molecule has 1 saturated carbocycles. The summed E-state index contributed by atoms with van der Waals surface area (Å²) in [7, 11) is -3.15. The van der Waals surface area contributed by atoms with Gasteiger partial charge in [-0.15, -0.1) is 0 Å². The van der Waals surface area contributed by atoms with Gasteiger partial charge in [0.2, 0.25) is 5.91 Å². The Hall–Kier alpha value is -1.35. The predicted molar refractivity (Wildman–Crippen MR) is 103 cm³/mol. The van der Waals surface area contributed by atoms with Gasteiger partial charge in [-0.1, -0.05) is 19.3 Å². The molecule has 0 aromatic heterocycles. The van der Waals surface area contributed by atoms with Crippen molar-refractivity contribution < 1.29 is 18.0 Å². The Bertz CT molecular complexity index is 627. The van der Waals surface area contributed by atoms with E-state index in [4.69, 9.17) is 0 Å². The maximum absolute atomic E-state index is 12.2. The average molecular weight is 401 g/mol. The van der Waals surface area contributed by atoms with E-state index in [0.717, 1.165) is 38.8 Å². The van der Waals surface area contributed by atoms with Crippen LogP contribution < -0.4 is 16.0 Å². The van der Waals surface area contributed by atoms with Crippen molar-refractivity contribution >= 4 is 21.8 Å². The quantitative estimate of drug-likeness (QED) is 0.592. The van der Waals surface area contributed by atoms with Crippen LogP contribution in [0.2, 0.25) is 0 Å². The van der Waals surface area contributed by atoms with Crippen LogP contribution in [-0.4, -0.2) is 75.0 Å². The smallest absolute Gasteiger partial charge is 0.315 e. The highest BCUT2D eigenvalue weighted by atomic mass is 32.2. The van der Waals surface area contributed by atoms with Crippen molar-refractivity contribution in [3.8, 4) is 0 Å². The van der Waals surface area contributed by atoms with Crippen LogP contribution in [-0.2, 0) is 14.6 Å². The summed E-state index contributed by atoms with van der Waals surface area (Å²) in [5.74, 6) is 0.287. The van der Waals surface area contributed by atoms with Crippen LogP contribution in [0.1, 0.15) is 44.9 Å². The molecule has 1 aliphatic carbocycles. The molecule has 0 bridgehead atoms. The summed E-state index contributed by atoms with van der Waals surface area (Å²) in [4.78, 5) is 26.3. The first-order chi connectivity index (χ1) is 12.9. The highest BCUT2D eigenvalue weighted by Crippen LogP contribution is 2.24. The van der Waals surface area contributed by atoms with E-state index in [9.17, 15) is 18.0 Å². The van der Waals surface area contributed by atoms with Gasteiger partial charge in [-0.2, -0.15) is 0 Å². The maximum atomic E-state index is 12.2. The van der Waals surface area contributed by atoms with Crippen LogP contribution in [0.25, 0.3) is 0 Å². The molecule has 8 nitrogen and oxygen atoms in total. The van der Waals surface area contributed by atoms with E-state index >= 15 is 0 Å². The fourth-order valence-electron chi connectivity index (χ4n) is 4.51. The zero-order valence-electron chi connectivity index (χ0n) is 15.9. The van der Waals surface area contributed by atoms with Crippen LogP contribution in [0.4, 0.5) is 4.79 Å². The van der Waals surface area contributed by atoms with Crippen molar-refractivity contribution in [1.29, 1.82) is 0 Å². The lowest BCUT2D eigenvalue weighted by Gasteiger charge is -2.35. The largest absolute Gasteiger partial charge is 0.349 e. The Morgan fingerprint density at radius 2 is 1.63 bits per heavy atom. The highest BCUT2D eigenvalue weighted by Gasteiger charge is 2.41. The molecule has 2 saturated heterocycles. The topological polar surface area (TPSA) is 108 Å². The maximum Gasteiger partial charge on any atom is 0.315 e. The van der Waals surface area contributed by atoms with E-state index in [0.29, 0.717) is 12.5 Å². The molecule has 3 rings (SSSR count). The number of carbonyl (C=O) groups is 2. The average Bonchev–Trinajstić information content (AvgIpc) is 3.26. The lowest BCUT2D eigenvalue weighted by molar-refractivity contribution is -0.121. The number of amides is 3. The first-order valence-corrected chi connectivity index (χ1v) is 12.0. The van der Waals surface area contributed by atoms with Gasteiger partial charge in [-0.25, -0.2) is 13.2 Å². The van der Waals surface area contributed by atoms with Gasteiger partial charge in [0.05, 0.1) is 24.1 Å². The Balaban J connectivity index is 1.43. The number of hydrogen-bond donors (Lipinski definition) is 3. The Morgan fingerprint density at radius 1 is 0.926 bits per heavy atom. The standard InChI is InChI=1S/C18H32N4O4S/c23-17(11-20-18(24)19-10-14-6-2-3-7-14)21-15-12-27(25,26)13-16(15)22-8-4-1-5-9-22/h14-16H,1-13H2,(H,21,23)(H2,19,20,24). The molecule has 2 unspecified atom stereocenters. The second-order valence-corrected chi connectivity index (χ2v) is 10.3. The first kappa shape index (κ1) is 20.4. The van der Waals surface area contributed by atoms with E-state index in [-0.39, 0.29) is 36.0 Å². The van der Waals surface area contributed by atoms with Gasteiger partial charge in [0.1, 0.15) is 0 Å². The number of likely N-dealkylation sites (tertiary alicyclic amines) is 1. The molecule has 0 radical (unpaired) electrons. The number of urea groups is 1. The van der Waals surface area contributed by atoms with Crippen LogP contribution in [0.5, 0.6) is 0 Å². The molecule has 3 N–H and O–H groups in total. The number of sulfone groups is 1. The molecule has 9 heteroatoms. The van der Waals surface area contributed by atoms with Gasteiger partial charge in [0, 0.05) is 12.6 Å². The first-order valence-electron chi connectivity index (χ1n) is 10.2. The van der Waals surface area contributed by atoms with Crippen molar-refractivity contribution in [1.82, 2.24) is 20.9 Å². The predicted octanol–water partition coefficient (Wildman–Crippen LogP) is 0.244. The summed E-state index contributed by atoms with van der Waals surface area (Å²) in [5, 5.41) is 8.22. The molecule has 3 fully saturated rings. The zero-order valence-corrected chi connectivity index (χ0v) is 16.7. The van der Waals surface area contributed by atoms with Gasteiger partial charge in [0.15, 0.2) is 9.84 Å². The number of nitrogens with one attached hydrogen (secondary N) is 3. The molecule has 2 heterocycles. The van der Waals surface area contributed by atoms with Crippen LogP contribution >= 0.6 is 0 Å². The minimum atomic E-state index is -3.15. The van der Waals surface area contributed by atoms with Gasteiger partial charge in [-0.05, 0) is 44.7 Å². The fourth-order valence-corrected chi connectivity index (χ4v) is 6.46. The normalized spacial score (nSPS) is 28.7. The fraction of sp³-hybridized carbons (Fsp3) is 0.889. The van der Waals surface area contributed by atoms with Gasteiger partial charge in [0.25, 0.3) is 0 Å². The van der Waals surface area contributed by atoms with E-state index in [1.807, 2.05) is 0 Å². The third-order valence-corrected chi connectivity index (χ3v) is 7.68. The molecule has 3 aliphatic rings. The molecule has 27 heavy (non-hydrogen) atoms. The molecule has 2 aliphatic heterocycles. The highest BCUT2D eigenvalue weighted by molar-refractivity contribution is 7.91. The molecule has 3 amide bonds. The second-order valence-electron chi connectivity index (χ2n) is 8.13. The molecule has 0 spiro atoms. The third-order valence-electron chi connectivity index (χ3n) is 5.96. The summed E-state index contributed by atoms with van der Waals surface area (Å²) in [6.07, 6.45) is 8.05. The monoisotopic (exact) mass is 400 g/mol. The lowest BCUT2D eigenvalue weighted by Crippen LogP contribution is -2.54. The molecule has 154 valence electrons.